The second-order valence-corrected chi connectivity index (χ2v) is 4.02. The number of carbonyl (C=O) groups is 2. The smallest absolute Gasteiger partial charge is 0.258 e. The Labute approximate surface area is 113 Å². The summed E-state index contributed by atoms with van der Waals surface area (Å²) in [7, 11) is 0. The van der Waals surface area contributed by atoms with Crippen LogP contribution in [0.4, 0.5) is 0 Å². The van der Waals surface area contributed by atoms with Crippen LogP contribution in [0, 0.1) is 0 Å². The lowest BCUT2D eigenvalue weighted by Crippen LogP contribution is -2.38. The minimum atomic E-state index is -0.312. The van der Waals surface area contributed by atoms with Crippen LogP contribution in [-0.2, 0) is 16.0 Å². The normalized spacial score (nSPS) is 9.79. The number of likely N-dealkylation sites (N-methyl/N-ethyl adjacent to an activating group) is 1. The zero-order valence-electron chi connectivity index (χ0n) is 11.4. The molecule has 0 aliphatic rings. The lowest BCUT2D eigenvalue weighted by atomic mass is 10.2. The highest BCUT2D eigenvalue weighted by Gasteiger charge is 2.05. The Hall–Kier alpha value is -2.04. The molecule has 0 fully saturated rings. The molecule has 0 saturated carbocycles. The van der Waals surface area contributed by atoms with Crippen LogP contribution in [0.15, 0.2) is 24.3 Å². The van der Waals surface area contributed by atoms with E-state index in [2.05, 4.69) is 17.6 Å². The van der Waals surface area contributed by atoms with Gasteiger partial charge in [0.05, 0.1) is 6.54 Å². The zero-order chi connectivity index (χ0) is 14.1. The molecule has 0 unspecified atom stereocenters. The van der Waals surface area contributed by atoms with Gasteiger partial charge in [-0.15, -0.1) is 0 Å². The molecule has 0 aromatic heterocycles. The van der Waals surface area contributed by atoms with E-state index in [1.165, 1.54) is 0 Å². The van der Waals surface area contributed by atoms with Gasteiger partial charge in [0.15, 0.2) is 6.61 Å². The van der Waals surface area contributed by atoms with Gasteiger partial charge in [0, 0.05) is 6.54 Å². The van der Waals surface area contributed by atoms with Crippen LogP contribution in [0.2, 0.25) is 0 Å². The number of hydrogen-bond donors (Lipinski definition) is 2. The van der Waals surface area contributed by atoms with Crippen LogP contribution in [0.1, 0.15) is 19.4 Å². The third kappa shape index (κ3) is 5.90. The van der Waals surface area contributed by atoms with Crippen LogP contribution < -0.4 is 15.4 Å². The second-order valence-electron chi connectivity index (χ2n) is 4.02. The minimum absolute atomic E-state index is 0.0228. The van der Waals surface area contributed by atoms with Crippen molar-refractivity contribution in [1.82, 2.24) is 10.6 Å². The predicted molar refractivity (Wildman–Crippen MR) is 73.0 cm³/mol. The lowest BCUT2D eigenvalue weighted by molar-refractivity contribution is -0.127. The largest absolute Gasteiger partial charge is 0.484 e. The fourth-order valence-electron chi connectivity index (χ4n) is 1.49. The molecule has 2 N–H and O–H groups in total. The average Bonchev–Trinajstić information content (AvgIpc) is 2.43. The number of amides is 2. The second kappa shape index (κ2) is 8.13. The first-order valence-electron chi connectivity index (χ1n) is 6.40. The molecule has 1 rings (SSSR count). The summed E-state index contributed by atoms with van der Waals surface area (Å²) in [6, 6.07) is 7.59. The predicted octanol–water partition coefficient (Wildman–Crippen LogP) is 0.880. The Bertz CT molecular complexity index is 432. The van der Waals surface area contributed by atoms with Gasteiger partial charge in [0.1, 0.15) is 5.75 Å². The van der Waals surface area contributed by atoms with Gasteiger partial charge in [-0.1, -0.05) is 19.1 Å². The quantitative estimate of drug-likeness (QED) is 0.768. The van der Waals surface area contributed by atoms with E-state index in [4.69, 9.17) is 4.74 Å². The standard InChI is InChI=1S/C14H20N2O3/c1-3-11-6-5-7-12(8-11)19-10-14(18)16-9-13(17)15-4-2/h5-8H,3-4,9-10H2,1-2H3,(H,15,17)(H,16,18). The number of nitrogens with one attached hydrogen (secondary N) is 2. The van der Waals surface area contributed by atoms with E-state index in [1.807, 2.05) is 25.1 Å². The Morgan fingerprint density at radius 3 is 2.63 bits per heavy atom. The summed E-state index contributed by atoms with van der Waals surface area (Å²) in [5, 5.41) is 5.09. The van der Waals surface area contributed by atoms with Gasteiger partial charge < -0.3 is 15.4 Å². The van der Waals surface area contributed by atoms with Crippen molar-refractivity contribution in [1.29, 1.82) is 0 Å². The van der Waals surface area contributed by atoms with Crippen molar-refractivity contribution in [2.45, 2.75) is 20.3 Å². The summed E-state index contributed by atoms with van der Waals surface area (Å²) >= 11 is 0. The van der Waals surface area contributed by atoms with E-state index in [1.54, 1.807) is 6.07 Å². The maximum atomic E-state index is 11.5. The Morgan fingerprint density at radius 2 is 1.95 bits per heavy atom. The van der Waals surface area contributed by atoms with Crippen molar-refractivity contribution in [2.24, 2.45) is 0 Å². The van der Waals surface area contributed by atoms with Gasteiger partial charge in [-0.25, -0.2) is 0 Å². The van der Waals surface area contributed by atoms with Gasteiger partial charge in [-0.05, 0) is 31.0 Å². The third-order valence-electron chi connectivity index (χ3n) is 2.50. The molecule has 5 heteroatoms. The van der Waals surface area contributed by atoms with E-state index >= 15 is 0 Å². The molecular formula is C14H20N2O3. The summed E-state index contributed by atoms with van der Waals surface area (Å²) in [6.45, 7) is 4.31. The molecule has 5 nitrogen and oxygen atoms in total. The van der Waals surface area contributed by atoms with Gasteiger partial charge in [-0.2, -0.15) is 0 Å². The first-order valence-corrected chi connectivity index (χ1v) is 6.40. The molecule has 104 valence electrons. The molecule has 19 heavy (non-hydrogen) atoms. The number of benzene rings is 1. The molecular weight excluding hydrogens is 244 g/mol. The number of aryl methyl sites for hydroxylation is 1. The summed E-state index contributed by atoms with van der Waals surface area (Å²) in [5.41, 5.74) is 1.15. The SMILES string of the molecule is CCNC(=O)CNC(=O)COc1cccc(CC)c1. The molecule has 2 amide bonds. The van der Waals surface area contributed by atoms with Crippen molar-refractivity contribution in [3.8, 4) is 5.75 Å². The molecule has 1 aromatic rings. The monoisotopic (exact) mass is 264 g/mol. The third-order valence-corrected chi connectivity index (χ3v) is 2.50. The summed E-state index contributed by atoms with van der Waals surface area (Å²) in [4.78, 5) is 22.6. The van der Waals surface area contributed by atoms with Crippen molar-refractivity contribution in [3.63, 3.8) is 0 Å². The van der Waals surface area contributed by atoms with E-state index in [-0.39, 0.29) is 25.0 Å². The van der Waals surface area contributed by atoms with Crippen molar-refractivity contribution < 1.29 is 14.3 Å². The highest BCUT2D eigenvalue weighted by atomic mass is 16.5. The van der Waals surface area contributed by atoms with Gasteiger partial charge in [0.25, 0.3) is 5.91 Å². The average molecular weight is 264 g/mol. The van der Waals surface area contributed by atoms with Gasteiger partial charge >= 0.3 is 0 Å². The molecule has 0 aliphatic heterocycles. The van der Waals surface area contributed by atoms with E-state index < -0.39 is 0 Å². The molecule has 0 saturated heterocycles. The number of rotatable bonds is 7. The van der Waals surface area contributed by atoms with Gasteiger partial charge in [-0.3, -0.25) is 9.59 Å². The summed E-state index contributed by atoms with van der Waals surface area (Å²) in [5.74, 6) is 0.143. The summed E-state index contributed by atoms with van der Waals surface area (Å²) in [6.07, 6.45) is 0.917. The molecule has 0 spiro atoms. The lowest BCUT2D eigenvalue weighted by Gasteiger charge is -2.08. The van der Waals surface area contributed by atoms with E-state index in [0.29, 0.717) is 12.3 Å². The molecule has 0 heterocycles. The fraction of sp³-hybridized carbons (Fsp3) is 0.429. The Balaban J connectivity index is 2.31. The first kappa shape index (κ1) is 15.0. The van der Waals surface area contributed by atoms with Crippen LogP contribution in [0.25, 0.3) is 0 Å². The number of hydrogen-bond acceptors (Lipinski definition) is 3. The Kier molecular flexibility index (Phi) is 6.43. The number of carbonyl (C=O) groups excluding carboxylic acids is 2. The van der Waals surface area contributed by atoms with Crippen molar-refractivity contribution in [2.75, 3.05) is 19.7 Å². The van der Waals surface area contributed by atoms with Crippen molar-refractivity contribution >= 4 is 11.8 Å². The molecule has 1 aromatic carbocycles. The molecule has 0 radical (unpaired) electrons. The zero-order valence-corrected chi connectivity index (χ0v) is 11.4. The highest BCUT2D eigenvalue weighted by Crippen LogP contribution is 2.13. The van der Waals surface area contributed by atoms with E-state index in [0.717, 1.165) is 12.0 Å². The number of ether oxygens (including phenoxy) is 1. The van der Waals surface area contributed by atoms with Crippen LogP contribution in [0.5, 0.6) is 5.75 Å². The van der Waals surface area contributed by atoms with E-state index in [9.17, 15) is 9.59 Å². The first-order chi connectivity index (χ1) is 9.15. The maximum absolute atomic E-state index is 11.5. The molecule has 0 aliphatic carbocycles. The summed E-state index contributed by atoms with van der Waals surface area (Å²) < 4.78 is 5.36. The van der Waals surface area contributed by atoms with Gasteiger partial charge in [0.2, 0.25) is 5.91 Å². The van der Waals surface area contributed by atoms with Crippen LogP contribution in [-0.4, -0.2) is 31.5 Å². The topological polar surface area (TPSA) is 67.4 Å². The molecule has 0 bridgehead atoms. The van der Waals surface area contributed by atoms with Crippen molar-refractivity contribution in [3.05, 3.63) is 29.8 Å². The molecule has 0 atom stereocenters. The Morgan fingerprint density at radius 1 is 1.16 bits per heavy atom. The highest BCUT2D eigenvalue weighted by molar-refractivity contribution is 5.85. The minimum Gasteiger partial charge on any atom is -0.484 e. The fourth-order valence-corrected chi connectivity index (χ4v) is 1.49. The van der Waals surface area contributed by atoms with Crippen LogP contribution >= 0.6 is 0 Å². The van der Waals surface area contributed by atoms with Crippen LogP contribution in [0.3, 0.4) is 0 Å². The maximum Gasteiger partial charge on any atom is 0.258 e.